The molecule has 2 rings (SSSR count). The van der Waals surface area contributed by atoms with Gasteiger partial charge in [0, 0.05) is 0 Å². The summed E-state index contributed by atoms with van der Waals surface area (Å²) in [6.07, 6.45) is 1.64. The smallest absolute Gasteiger partial charge is 0.326 e. The van der Waals surface area contributed by atoms with Crippen molar-refractivity contribution in [2.24, 2.45) is 0 Å². The van der Waals surface area contributed by atoms with Crippen LogP contribution in [0.25, 0.3) is 6.08 Å². The van der Waals surface area contributed by atoms with Gasteiger partial charge in [0.1, 0.15) is 12.1 Å². The summed E-state index contributed by atoms with van der Waals surface area (Å²) >= 11 is 0.827. The Kier molecular flexibility index (Phi) is 4.71. The number of benzene rings is 1. The van der Waals surface area contributed by atoms with Crippen molar-refractivity contribution in [3.8, 4) is 0 Å². The second-order valence-electron chi connectivity index (χ2n) is 5.76. The highest BCUT2D eigenvalue weighted by Crippen LogP contribution is 2.32. The van der Waals surface area contributed by atoms with Crippen molar-refractivity contribution < 1.29 is 19.1 Å². The van der Waals surface area contributed by atoms with Gasteiger partial charge < -0.3 is 4.74 Å². The van der Waals surface area contributed by atoms with Crippen molar-refractivity contribution in [2.75, 3.05) is 6.54 Å². The van der Waals surface area contributed by atoms with Crippen LogP contribution < -0.4 is 0 Å². The van der Waals surface area contributed by atoms with Gasteiger partial charge in [-0.1, -0.05) is 30.3 Å². The van der Waals surface area contributed by atoms with Gasteiger partial charge >= 0.3 is 5.97 Å². The van der Waals surface area contributed by atoms with Crippen molar-refractivity contribution in [1.82, 2.24) is 4.90 Å². The summed E-state index contributed by atoms with van der Waals surface area (Å²) in [5.41, 5.74) is 0.170. The fourth-order valence-electron chi connectivity index (χ4n) is 1.84. The number of nitrogens with zero attached hydrogens (tertiary/aromatic N) is 1. The van der Waals surface area contributed by atoms with Gasteiger partial charge in [-0.2, -0.15) is 0 Å². The van der Waals surface area contributed by atoms with Crippen LogP contribution in [0.15, 0.2) is 35.2 Å². The number of esters is 1. The zero-order chi connectivity index (χ0) is 16.3. The third kappa shape index (κ3) is 4.21. The van der Waals surface area contributed by atoms with Crippen LogP contribution in [0, 0.1) is 0 Å². The Labute approximate surface area is 133 Å². The molecule has 0 aliphatic carbocycles. The van der Waals surface area contributed by atoms with E-state index in [1.165, 1.54) is 0 Å². The lowest BCUT2D eigenvalue weighted by Crippen LogP contribution is -2.37. The molecule has 0 bridgehead atoms. The predicted molar refractivity (Wildman–Crippen MR) is 85.0 cm³/mol. The van der Waals surface area contributed by atoms with E-state index < -0.39 is 22.7 Å². The number of ether oxygens (including phenoxy) is 1. The number of rotatable bonds is 3. The van der Waals surface area contributed by atoms with E-state index in [2.05, 4.69) is 0 Å². The van der Waals surface area contributed by atoms with Crippen LogP contribution in [0.3, 0.4) is 0 Å². The lowest BCUT2D eigenvalue weighted by Gasteiger charge is -2.21. The highest BCUT2D eigenvalue weighted by Gasteiger charge is 2.37. The minimum atomic E-state index is -0.654. The van der Waals surface area contributed by atoms with E-state index in [4.69, 9.17) is 4.74 Å². The second kappa shape index (κ2) is 6.36. The first-order chi connectivity index (χ1) is 10.3. The van der Waals surface area contributed by atoms with Gasteiger partial charge in [0.25, 0.3) is 11.1 Å². The lowest BCUT2D eigenvalue weighted by molar-refractivity contribution is -0.156. The average Bonchev–Trinajstić information content (AvgIpc) is 2.66. The number of carbonyl (C=O) groups excluding carboxylic acids is 3. The summed E-state index contributed by atoms with van der Waals surface area (Å²) in [5.74, 6) is -1.07. The Morgan fingerprint density at radius 2 is 1.86 bits per heavy atom. The predicted octanol–water partition coefficient (Wildman–Crippen LogP) is 3.06. The molecule has 0 unspecified atom stereocenters. The molecule has 1 aromatic carbocycles. The molecule has 0 atom stereocenters. The zero-order valence-corrected chi connectivity index (χ0v) is 13.5. The van der Waals surface area contributed by atoms with Gasteiger partial charge in [-0.15, -0.1) is 0 Å². The number of amides is 2. The summed E-state index contributed by atoms with van der Waals surface area (Å²) in [7, 11) is 0. The molecule has 0 radical (unpaired) electrons. The summed E-state index contributed by atoms with van der Waals surface area (Å²) in [4.78, 5) is 37.1. The van der Waals surface area contributed by atoms with Crippen LogP contribution in [0.5, 0.6) is 0 Å². The number of hydrogen-bond acceptors (Lipinski definition) is 5. The van der Waals surface area contributed by atoms with E-state index in [1.54, 1.807) is 26.8 Å². The van der Waals surface area contributed by atoms with Crippen molar-refractivity contribution in [1.29, 1.82) is 0 Å². The molecule has 6 heteroatoms. The largest absolute Gasteiger partial charge is 0.459 e. The molecule has 1 aromatic rings. The molecule has 1 heterocycles. The molecule has 1 aliphatic heterocycles. The molecule has 0 aromatic heterocycles. The van der Waals surface area contributed by atoms with Crippen LogP contribution >= 0.6 is 11.8 Å². The van der Waals surface area contributed by atoms with E-state index >= 15 is 0 Å². The molecule has 116 valence electrons. The van der Waals surface area contributed by atoms with Crippen LogP contribution in [-0.2, 0) is 14.3 Å². The Balaban J connectivity index is 2.09. The number of hydrogen-bond donors (Lipinski definition) is 0. The third-order valence-electron chi connectivity index (χ3n) is 2.68. The second-order valence-corrected chi connectivity index (χ2v) is 6.76. The first kappa shape index (κ1) is 16.3. The number of imide groups is 1. The van der Waals surface area contributed by atoms with Crippen molar-refractivity contribution in [2.45, 2.75) is 26.4 Å². The van der Waals surface area contributed by atoms with Crippen LogP contribution in [0.1, 0.15) is 26.3 Å². The number of thioether (sulfide) groups is 1. The number of carbonyl (C=O) groups is 3. The lowest BCUT2D eigenvalue weighted by atomic mass is 10.2. The topological polar surface area (TPSA) is 63.7 Å². The van der Waals surface area contributed by atoms with Gasteiger partial charge in [0.15, 0.2) is 0 Å². The third-order valence-corrected chi connectivity index (χ3v) is 3.59. The molecule has 22 heavy (non-hydrogen) atoms. The fourth-order valence-corrected chi connectivity index (χ4v) is 2.68. The molecule has 5 nitrogen and oxygen atoms in total. The summed E-state index contributed by atoms with van der Waals surface area (Å²) in [6.45, 7) is 4.82. The molecular weight excluding hydrogens is 302 g/mol. The fraction of sp³-hybridized carbons (Fsp3) is 0.312. The van der Waals surface area contributed by atoms with Gasteiger partial charge in [-0.25, -0.2) is 0 Å². The zero-order valence-electron chi connectivity index (χ0n) is 12.7. The van der Waals surface area contributed by atoms with Gasteiger partial charge in [0.05, 0.1) is 4.91 Å². The van der Waals surface area contributed by atoms with Gasteiger partial charge in [-0.3, -0.25) is 19.3 Å². The molecule has 0 N–H and O–H groups in total. The quantitative estimate of drug-likeness (QED) is 0.633. The van der Waals surface area contributed by atoms with Crippen LogP contribution in [0.4, 0.5) is 4.79 Å². The first-order valence-electron chi connectivity index (χ1n) is 6.78. The minimum absolute atomic E-state index is 0.305. The maximum absolute atomic E-state index is 12.2. The standard InChI is InChI=1S/C16H17NO4S/c1-16(2,3)21-13(18)10-17-14(19)12(22-15(17)20)9-11-7-5-4-6-8-11/h4-9H,10H2,1-3H3/b12-9-. The van der Waals surface area contributed by atoms with Crippen molar-refractivity contribution in [3.05, 3.63) is 40.8 Å². The van der Waals surface area contributed by atoms with E-state index in [1.807, 2.05) is 30.3 Å². The monoisotopic (exact) mass is 319 g/mol. The van der Waals surface area contributed by atoms with Crippen molar-refractivity contribution in [3.63, 3.8) is 0 Å². The van der Waals surface area contributed by atoms with E-state index in [0.717, 1.165) is 22.2 Å². The Hall–Kier alpha value is -2.08. The minimum Gasteiger partial charge on any atom is -0.459 e. The molecular formula is C16H17NO4S. The van der Waals surface area contributed by atoms with Crippen molar-refractivity contribution >= 4 is 35.0 Å². The maximum atomic E-state index is 12.2. The summed E-state index contributed by atoms with van der Waals surface area (Å²) < 4.78 is 5.14. The Morgan fingerprint density at radius 1 is 1.23 bits per heavy atom. The molecule has 1 saturated heterocycles. The Morgan fingerprint density at radius 3 is 2.45 bits per heavy atom. The normalized spacial score (nSPS) is 17.2. The first-order valence-corrected chi connectivity index (χ1v) is 7.60. The molecule has 2 amide bonds. The van der Waals surface area contributed by atoms with E-state index in [-0.39, 0.29) is 6.54 Å². The van der Waals surface area contributed by atoms with Crippen LogP contribution in [0.2, 0.25) is 0 Å². The van der Waals surface area contributed by atoms with Crippen LogP contribution in [-0.4, -0.2) is 34.2 Å². The molecule has 0 saturated carbocycles. The van der Waals surface area contributed by atoms with Gasteiger partial charge in [-0.05, 0) is 44.2 Å². The summed E-state index contributed by atoms with van der Waals surface area (Å²) in [6, 6.07) is 9.23. The van der Waals surface area contributed by atoms with E-state index in [0.29, 0.717) is 4.91 Å². The summed E-state index contributed by atoms with van der Waals surface area (Å²) in [5, 5.41) is -0.460. The van der Waals surface area contributed by atoms with E-state index in [9.17, 15) is 14.4 Å². The maximum Gasteiger partial charge on any atom is 0.326 e. The highest BCUT2D eigenvalue weighted by molar-refractivity contribution is 8.18. The molecule has 1 fully saturated rings. The molecule has 1 aliphatic rings. The SMILES string of the molecule is CC(C)(C)OC(=O)CN1C(=O)S/C(=C\c2ccccc2)C1=O. The molecule has 0 spiro atoms. The highest BCUT2D eigenvalue weighted by atomic mass is 32.2. The van der Waals surface area contributed by atoms with Gasteiger partial charge in [0.2, 0.25) is 0 Å². The average molecular weight is 319 g/mol. The Bertz CT molecular complexity index is 631.